The van der Waals surface area contributed by atoms with Gasteiger partial charge in [0.1, 0.15) is 11.2 Å². The lowest BCUT2D eigenvalue weighted by molar-refractivity contribution is -0.137. The van der Waals surface area contributed by atoms with E-state index < -0.39 is 23.1 Å². The highest BCUT2D eigenvalue weighted by Gasteiger charge is 2.30. The molecular weight excluding hydrogens is 579 g/mol. The summed E-state index contributed by atoms with van der Waals surface area (Å²) in [6.07, 6.45) is -1.63. The first-order valence-electron chi connectivity index (χ1n) is 12.8. The molecule has 0 atom stereocenters. The highest BCUT2D eigenvalue weighted by molar-refractivity contribution is 7.99. The zero-order chi connectivity index (χ0) is 30.0. The summed E-state index contributed by atoms with van der Waals surface area (Å²) in [4.78, 5) is 49.3. The van der Waals surface area contributed by atoms with Crippen LogP contribution >= 0.6 is 11.8 Å². The first kappa shape index (κ1) is 29.0. The molecule has 4 heterocycles. The Morgan fingerprint density at radius 3 is 2.45 bits per heavy atom. The molecule has 0 saturated carbocycles. The minimum Gasteiger partial charge on any atom is -0.477 e. The molecule has 0 bridgehead atoms. The molecule has 0 radical (unpaired) electrons. The number of benzene rings is 1. The van der Waals surface area contributed by atoms with Gasteiger partial charge in [0.15, 0.2) is 0 Å². The Morgan fingerprint density at radius 2 is 1.81 bits per heavy atom. The van der Waals surface area contributed by atoms with Crippen molar-refractivity contribution < 1.29 is 27.9 Å². The highest BCUT2D eigenvalue weighted by atomic mass is 32.2. The number of carbonyl (C=O) groups excluding carboxylic acids is 1. The minimum absolute atomic E-state index is 0.0730. The number of carboxylic acid groups (broad SMARTS) is 1. The Balaban J connectivity index is 1.17. The second-order valence-electron chi connectivity index (χ2n) is 9.25. The second-order valence-corrected chi connectivity index (χ2v) is 10.3. The van der Waals surface area contributed by atoms with Crippen LogP contribution in [-0.2, 0) is 17.5 Å². The number of fused-ring (bicyclic) bond motifs is 1. The summed E-state index contributed by atoms with van der Waals surface area (Å²) in [5.41, 5.74) is -1.06. The number of aryl methyl sites for hydroxylation is 1. The fourth-order valence-electron chi connectivity index (χ4n) is 4.48. The molecule has 1 fully saturated rings. The molecule has 0 spiro atoms. The fraction of sp³-hybridized carbons (Fsp3) is 0.360. The number of hydrogen-bond donors (Lipinski definition) is 1. The van der Waals surface area contributed by atoms with E-state index in [-0.39, 0.29) is 23.3 Å². The summed E-state index contributed by atoms with van der Waals surface area (Å²) in [5.74, 6) is -0.646. The van der Waals surface area contributed by atoms with Crippen molar-refractivity contribution in [2.24, 2.45) is 0 Å². The van der Waals surface area contributed by atoms with E-state index in [9.17, 15) is 32.7 Å². The van der Waals surface area contributed by atoms with E-state index in [0.29, 0.717) is 60.9 Å². The smallest absolute Gasteiger partial charge is 0.416 e. The standard InChI is InChI=1S/C25H24F3N9O4S/c1-2-34-14-18(22(40)41)20(39)17-13-29-23(30-21(17)34)36-10-8-35(9-11-36)19(38)7-12-42-24-31-32-33-37(24)16-5-3-15(4-6-16)25(26,27)28/h3-6,13-14H,2,7-12H2,1H3,(H,40,41). The van der Waals surface area contributed by atoms with Gasteiger partial charge in [0.05, 0.1) is 16.6 Å². The molecule has 1 amide bonds. The van der Waals surface area contributed by atoms with Crippen molar-refractivity contribution in [1.82, 2.24) is 39.6 Å². The van der Waals surface area contributed by atoms with Gasteiger partial charge in [0.2, 0.25) is 22.4 Å². The Morgan fingerprint density at radius 1 is 1.10 bits per heavy atom. The number of amides is 1. The van der Waals surface area contributed by atoms with Gasteiger partial charge in [-0.1, -0.05) is 11.8 Å². The average Bonchev–Trinajstić information content (AvgIpc) is 3.45. The van der Waals surface area contributed by atoms with Crippen molar-refractivity contribution in [3.05, 3.63) is 58.0 Å². The first-order valence-corrected chi connectivity index (χ1v) is 13.8. The predicted molar refractivity (Wildman–Crippen MR) is 145 cm³/mol. The molecule has 3 aromatic heterocycles. The molecule has 5 rings (SSSR count). The van der Waals surface area contributed by atoms with Gasteiger partial charge in [-0.05, 0) is 41.6 Å². The highest BCUT2D eigenvalue weighted by Crippen LogP contribution is 2.30. The number of tetrazole rings is 1. The van der Waals surface area contributed by atoms with Gasteiger partial charge < -0.3 is 19.5 Å². The zero-order valence-electron chi connectivity index (χ0n) is 22.2. The van der Waals surface area contributed by atoms with Crippen molar-refractivity contribution in [2.75, 3.05) is 36.8 Å². The third-order valence-electron chi connectivity index (χ3n) is 6.72. The maximum atomic E-state index is 12.9. The third-order valence-corrected chi connectivity index (χ3v) is 7.64. The van der Waals surface area contributed by atoms with Crippen molar-refractivity contribution in [1.29, 1.82) is 0 Å². The molecular formula is C25H24F3N9O4S. The number of carbonyl (C=O) groups is 2. The Bertz CT molecular complexity index is 1680. The minimum atomic E-state index is -4.45. The number of alkyl halides is 3. The lowest BCUT2D eigenvalue weighted by Gasteiger charge is -2.34. The molecule has 0 aliphatic carbocycles. The number of thioether (sulfide) groups is 1. The van der Waals surface area contributed by atoms with E-state index in [1.165, 1.54) is 41.0 Å². The summed E-state index contributed by atoms with van der Waals surface area (Å²) in [6, 6.07) is 4.47. The summed E-state index contributed by atoms with van der Waals surface area (Å²) < 4.78 is 41.5. The molecule has 1 aliphatic heterocycles. The molecule has 220 valence electrons. The summed E-state index contributed by atoms with van der Waals surface area (Å²) >= 11 is 1.22. The van der Waals surface area contributed by atoms with Crippen LogP contribution in [0.2, 0.25) is 0 Å². The van der Waals surface area contributed by atoms with Crippen molar-refractivity contribution >= 4 is 40.6 Å². The molecule has 1 aromatic carbocycles. The lowest BCUT2D eigenvalue weighted by atomic mass is 10.2. The maximum Gasteiger partial charge on any atom is 0.416 e. The molecule has 1 saturated heterocycles. The third kappa shape index (κ3) is 5.90. The number of aromatic carboxylic acids is 1. The number of aromatic nitrogens is 7. The van der Waals surface area contributed by atoms with Gasteiger partial charge in [-0.15, -0.1) is 5.10 Å². The van der Waals surface area contributed by atoms with Crippen LogP contribution in [0.15, 0.2) is 46.6 Å². The largest absolute Gasteiger partial charge is 0.477 e. The number of rotatable bonds is 8. The summed E-state index contributed by atoms with van der Waals surface area (Å²) in [6.45, 7) is 3.99. The number of carboxylic acids is 1. The molecule has 42 heavy (non-hydrogen) atoms. The van der Waals surface area contributed by atoms with Gasteiger partial charge in [0, 0.05) is 57.3 Å². The van der Waals surface area contributed by atoms with Crippen LogP contribution in [0.5, 0.6) is 0 Å². The Hall–Kier alpha value is -4.54. The van der Waals surface area contributed by atoms with E-state index in [1.807, 2.05) is 11.8 Å². The van der Waals surface area contributed by atoms with Gasteiger partial charge >= 0.3 is 12.1 Å². The predicted octanol–water partition coefficient (Wildman–Crippen LogP) is 2.34. The van der Waals surface area contributed by atoms with Crippen molar-refractivity contribution in [2.45, 2.75) is 31.2 Å². The van der Waals surface area contributed by atoms with Crippen LogP contribution in [0, 0.1) is 0 Å². The van der Waals surface area contributed by atoms with Crippen LogP contribution < -0.4 is 10.3 Å². The first-order chi connectivity index (χ1) is 20.1. The summed E-state index contributed by atoms with van der Waals surface area (Å²) in [5, 5.41) is 21.2. The van der Waals surface area contributed by atoms with Gasteiger partial charge in [-0.2, -0.15) is 22.8 Å². The molecule has 4 aromatic rings. The number of halogens is 3. The monoisotopic (exact) mass is 603 g/mol. The Kier molecular flexibility index (Phi) is 8.11. The quantitative estimate of drug-likeness (QED) is 0.295. The molecule has 13 nitrogen and oxygen atoms in total. The zero-order valence-corrected chi connectivity index (χ0v) is 23.0. The van der Waals surface area contributed by atoms with E-state index in [1.54, 1.807) is 9.47 Å². The normalized spacial score (nSPS) is 14.0. The molecule has 17 heteroatoms. The van der Waals surface area contributed by atoms with Crippen LogP contribution in [0.3, 0.4) is 0 Å². The SMILES string of the molecule is CCn1cc(C(=O)O)c(=O)c2cnc(N3CCN(C(=O)CCSc4nnnn4-c4ccc(C(F)(F)F)cc4)CC3)nc21. The number of pyridine rings is 1. The Labute approximate surface area is 240 Å². The summed E-state index contributed by atoms with van der Waals surface area (Å²) in [7, 11) is 0. The number of nitrogens with zero attached hydrogens (tertiary/aromatic N) is 9. The number of anilines is 1. The van der Waals surface area contributed by atoms with Crippen LogP contribution in [0.25, 0.3) is 16.7 Å². The lowest BCUT2D eigenvalue weighted by Crippen LogP contribution is -2.49. The average molecular weight is 604 g/mol. The molecule has 1 aliphatic rings. The van der Waals surface area contributed by atoms with Gasteiger partial charge in [-0.3, -0.25) is 9.59 Å². The van der Waals surface area contributed by atoms with E-state index in [4.69, 9.17) is 0 Å². The second kappa shape index (κ2) is 11.8. The van der Waals surface area contributed by atoms with E-state index in [0.717, 1.165) is 12.1 Å². The van der Waals surface area contributed by atoms with E-state index in [2.05, 4.69) is 25.5 Å². The van der Waals surface area contributed by atoms with Crippen molar-refractivity contribution in [3.8, 4) is 5.69 Å². The van der Waals surface area contributed by atoms with Crippen molar-refractivity contribution in [3.63, 3.8) is 0 Å². The van der Waals surface area contributed by atoms with Gasteiger partial charge in [0.25, 0.3) is 0 Å². The van der Waals surface area contributed by atoms with Gasteiger partial charge in [-0.25, -0.2) is 9.78 Å². The number of hydrogen-bond acceptors (Lipinski definition) is 10. The molecule has 0 unspecified atom stereocenters. The van der Waals surface area contributed by atoms with Crippen LogP contribution in [0.4, 0.5) is 19.1 Å². The topological polar surface area (TPSA) is 152 Å². The van der Waals surface area contributed by atoms with Crippen LogP contribution in [-0.4, -0.2) is 88.6 Å². The van der Waals surface area contributed by atoms with Crippen LogP contribution in [0.1, 0.15) is 29.3 Å². The maximum absolute atomic E-state index is 12.9. The molecule has 1 N–H and O–H groups in total. The number of piperazine rings is 1. The van der Waals surface area contributed by atoms with E-state index >= 15 is 0 Å². The fourth-order valence-corrected chi connectivity index (χ4v) is 5.29.